The molecule has 1 fully saturated rings. The molecule has 2 N–H and O–H groups in total. The van der Waals surface area contributed by atoms with E-state index in [9.17, 15) is 8.42 Å². The number of rotatable bonds is 5. The van der Waals surface area contributed by atoms with Gasteiger partial charge in [0, 0.05) is 35.8 Å². The van der Waals surface area contributed by atoms with Crippen LogP contribution in [0, 0.1) is 0 Å². The van der Waals surface area contributed by atoms with Gasteiger partial charge in [-0.3, -0.25) is 4.72 Å². The molecule has 0 saturated carbocycles. The van der Waals surface area contributed by atoms with E-state index in [4.69, 9.17) is 4.99 Å². The lowest BCUT2D eigenvalue weighted by molar-refractivity contribution is 0.376. The Morgan fingerprint density at radius 1 is 1.40 bits per heavy atom. The number of sulfonamides is 1. The number of thioether (sulfide) groups is 1. The summed E-state index contributed by atoms with van der Waals surface area (Å²) in [5, 5.41) is 3.37. The van der Waals surface area contributed by atoms with Crippen molar-refractivity contribution in [2.45, 2.75) is 32.1 Å². The van der Waals surface area contributed by atoms with E-state index in [-0.39, 0.29) is 4.75 Å². The summed E-state index contributed by atoms with van der Waals surface area (Å²) in [5.41, 5.74) is 1.53. The van der Waals surface area contributed by atoms with E-state index < -0.39 is 10.0 Å². The molecule has 1 aromatic carbocycles. The molecule has 1 aromatic rings. The summed E-state index contributed by atoms with van der Waals surface area (Å²) in [6, 6.07) is 7.36. The number of hydrogen-bond donors (Lipinski definition) is 2. The molecule has 1 heterocycles. The summed E-state index contributed by atoms with van der Waals surface area (Å²) < 4.78 is 25.5. The van der Waals surface area contributed by atoms with Crippen LogP contribution < -0.4 is 10.0 Å². The predicted octanol–water partition coefficient (Wildman–Crippen LogP) is 2.35. The molecule has 8 heteroatoms. The minimum absolute atomic E-state index is 0.216. The van der Waals surface area contributed by atoms with Gasteiger partial charge in [0.2, 0.25) is 10.0 Å². The molecule has 0 spiro atoms. The average Bonchev–Trinajstić information content (AvgIpc) is 2.49. The number of hydrogen-bond acceptors (Lipinski definition) is 4. The summed E-state index contributed by atoms with van der Waals surface area (Å²) in [4.78, 5) is 7.06. The molecular weight excluding hydrogens is 356 g/mol. The second-order valence-corrected chi connectivity index (χ2v) is 10.3. The fourth-order valence-corrected chi connectivity index (χ4v) is 4.40. The summed E-state index contributed by atoms with van der Waals surface area (Å²) in [6.07, 6.45) is 1.15. The third-order valence-electron chi connectivity index (χ3n) is 3.70. The van der Waals surface area contributed by atoms with Gasteiger partial charge in [0.15, 0.2) is 5.96 Å². The molecule has 2 rings (SSSR count). The Labute approximate surface area is 155 Å². The first-order valence-electron chi connectivity index (χ1n) is 8.42. The van der Waals surface area contributed by atoms with E-state index in [2.05, 4.69) is 35.7 Å². The van der Waals surface area contributed by atoms with E-state index in [1.807, 2.05) is 30.0 Å². The first-order valence-corrected chi connectivity index (χ1v) is 11.3. The molecule has 1 aliphatic rings. The molecule has 0 aromatic heterocycles. The van der Waals surface area contributed by atoms with Gasteiger partial charge < -0.3 is 10.2 Å². The number of nitrogens with zero attached hydrogens (tertiary/aromatic N) is 2. The zero-order chi connectivity index (χ0) is 18.5. The van der Waals surface area contributed by atoms with Crippen LogP contribution >= 0.6 is 11.8 Å². The van der Waals surface area contributed by atoms with Gasteiger partial charge in [-0.25, -0.2) is 13.4 Å². The lowest BCUT2D eigenvalue weighted by Crippen LogP contribution is -2.50. The van der Waals surface area contributed by atoms with Crippen molar-refractivity contribution in [1.82, 2.24) is 10.2 Å². The monoisotopic (exact) mass is 384 g/mol. The van der Waals surface area contributed by atoms with Crippen LogP contribution in [-0.2, 0) is 16.6 Å². The second kappa shape index (κ2) is 8.31. The smallest absolute Gasteiger partial charge is 0.229 e. The topological polar surface area (TPSA) is 73.8 Å². The Hall–Kier alpha value is -1.41. The fourth-order valence-electron chi connectivity index (χ4n) is 2.74. The van der Waals surface area contributed by atoms with Gasteiger partial charge in [0.1, 0.15) is 0 Å². The van der Waals surface area contributed by atoms with Crippen LogP contribution in [0.4, 0.5) is 5.69 Å². The van der Waals surface area contributed by atoms with Gasteiger partial charge >= 0.3 is 0 Å². The van der Waals surface area contributed by atoms with Gasteiger partial charge in [-0.15, -0.1) is 0 Å². The number of nitrogens with one attached hydrogen (secondary N) is 2. The predicted molar refractivity (Wildman–Crippen MR) is 108 cm³/mol. The lowest BCUT2D eigenvalue weighted by atomic mass is 10.2. The number of benzene rings is 1. The van der Waals surface area contributed by atoms with Gasteiger partial charge in [0.25, 0.3) is 0 Å². The maximum absolute atomic E-state index is 11.4. The lowest BCUT2D eigenvalue weighted by Gasteiger charge is -2.39. The first kappa shape index (κ1) is 19.9. The van der Waals surface area contributed by atoms with Crippen LogP contribution in [0.25, 0.3) is 0 Å². The maximum atomic E-state index is 11.4. The van der Waals surface area contributed by atoms with Crippen molar-refractivity contribution in [3.05, 3.63) is 29.8 Å². The normalized spacial score (nSPS) is 18.1. The van der Waals surface area contributed by atoms with Crippen LogP contribution in [0.5, 0.6) is 0 Å². The zero-order valence-electron chi connectivity index (χ0n) is 15.4. The van der Waals surface area contributed by atoms with Gasteiger partial charge in [0.05, 0.1) is 12.8 Å². The third-order valence-corrected chi connectivity index (χ3v) is 5.61. The van der Waals surface area contributed by atoms with Crippen molar-refractivity contribution in [2.75, 3.05) is 36.4 Å². The molecule has 1 saturated heterocycles. The Bertz CT molecular complexity index is 717. The van der Waals surface area contributed by atoms with Crippen molar-refractivity contribution in [3.63, 3.8) is 0 Å². The van der Waals surface area contributed by atoms with Crippen LogP contribution in [0.3, 0.4) is 0 Å². The molecule has 25 heavy (non-hydrogen) atoms. The van der Waals surface area contributed by atoms with Crippen molar-refractivity contribution in [2.24, 2.45) is 4.99 Å². The fraction of sp³-hybridized carbons (Fsp3) is 0.588. The minimum Gasteiger partial charge on any atom is -0.357 e. The quantitative estimate of drug-likeness (QED) is 0.602. The Morgan fingerprint density at radius 3 is 2.80 bits per heavy atom. The molecule has 140 valence electrons. The molecule has 0 radical (unpaired) electrons. The molecule has 0 unspecified atom stereocenters. The first-order chi connectivity index (χ1) is 11.7. The summed E-state index contributed by atoms with van der Waals surface area (Å²) in [5.74, 6) is 2.00. The highest BCUT2D eigenvalue weighted by Crippen LogP contribution is 2.29. The number of aliphatic imine (C=N–C) groups is 1. The zero-order valence-corrected chi connectivity index (χ0v) is 17.0. The van der Waals surface area contributed by atoms with Crippen molar-refractivity contribution >= 4 is 33.4 Å². The van der Waals surface area contributed by atoms with Crippen molar-refractivity contribution < 1.29 is 8.42 Å². The standard InChI is InChI=1S/C17H28N4O2S2/c1-5-18-16(21-9-10-24-17(2,3)13-21)19-12-14-7-6-8-15(11-14)20-25(4,22)23/h6-8,11,20H,5,9-10,12-13H2,1-4H3,(H,18,19). The van der Waals surface area contributed by atoms with E-state index in [0.29, 0.717) is 12.2 Å². The number of guanidine groups is 1. The summed E-state index contributed by atoms with van der Waals surface area (Å²) in [7, 11) is -3.27. The van der Waals surface area contributed by atoms with Crippen molar-refractivity contribution in [1.29, 1.82) is 0 Å². The Morgan fingerprint density at radius 2 is 2.16 bits per heavy atom. The van der Waals surface area contributed by atoms with Crippen LogP contribution in [0.1, 0.15) is 26.3 Å². The highest BCUT2D eigenvalue weighted by Gasteiger charge is 2.28. The van der Waals surface area contributed by atoms with Gasteiger partial charge in [-0.2, -0.15) is 11.8 Å². The minimum atomic E-state index is -3.27. The summed E-state index contributed by atoms with van der Waals surface area (Å²) >= 11 is 1.99. The highest BCUT2D eigenvalue weighted by molar-refractivity contribution is 8.00. The number of anilines is 1. The molecular formula is C17H28N4O2S2. The average molecular weight is 385 g/mol. The van der Waals surface area contributed by atoms with Gasteiger partial charge in [-0.1, -0.05) is 12.1 Å². The van der Waals surface area contributed by atoms with Gasteiger partial charge in [-0.05, 0) is 38.5 Å². The third kappa shape index (κ3) is 6.78. The molecule has 6 nitrogen and oxygen atoms in total. The Kier molecular flexibility index (Phi) is 6.62. The Balaban J connectivity index is 2.12. The van der Waals surface area contributed by atoms with E-state index in [0.717, 1.165) is 43.2 Å². The second-order valence-electron chi connectivity index (χ2n) is 6.77. The SMILES string of the molecule is CCNC(=NCc1cccc(NS(C)(=O)=O)c1)N1CCSC(C)(C)C1. The van der Waals surface area contributed by atoms with Crippen molar-refractivity contribution in [3.8, 4) is 0 Å². The molecule has 0 atom stereocenters. The van der Waals surface area contributed by atoms with Crippen LogP contribution in [0.2, 0.25) is 0 Å². The maximum Gasteiger partial charge on any atom is 0.229 e. The highest BCUT2D eigenvalue weighted by atomic mass is 32.2. The summed E-state index contributed by atoms with van der Waals surface area (Å²) in [6.45, 7) is 9.84. The van der Waals surface area contributed by atoms with E-state index in [1.165, 1.54) is 0 Å². The van der Waals surface area contributed by atoms with Crippen LogP contribution in [0.15, 0.2) is 29.3 Å². The largest absolute Gasteiger partial charge is 0.357 e. The van der Waals surface area contributed by atoms with Crippen LogP contribution in [-0.4, -0.2) is 55.7 Å². The molecule has 0 aliphatic carbocycles. The molecule has 0 amide bonds. The molecule has 0 bridgehead atoms. The van der Waals surface area contributed by atoms with E-state index in [1.54, 1.807) is 6.07 Å². The van der Waals surface area contributed by atoms with E-state index >= 15 is 0 Å². The molecule has 1 aliphatic heterocycles.